The largest absolute Gasteiger partial charge is 0.467 e. The second kappa shape index (κ2) is 7.48. The van der Waals surface area contributed by atoms with Crippen LogP contribution >= 0.6 is 0 Å². The van der Waals surface area contributed by atoms with Crippen LogP contribution in [0.3, 0.4) is 0 Å². The van der Waals surface area contributed by atoms with Gasteiger partial charge < -0.3 is 15.1 Å². The van der Waals surface area contributed by atoms with Crippen LogP contribution in [0.5, 0.6) is 0 Å². The van der Waals surface area contributed by atoms with Gasteiger partial charge in [0.15, 0.2) is 0 Å². The van der Waals surface area contributed by atoms with Gasteiger partial charge in [0.2, 0.25) is 5.91 Å². The average Bonchev–Trinajstić information content (AvgIpc) is 3.24. The number of nitrogens with one attached hydrogen (secondary N) is 2. The number of rotatable bonds is 6. The third-order valence-electron chi connectivity index (χ3n) is 3.64. The lowest BCUT2D eigenvalue weighted by Crippen LogP contribution is -2.27. The van der Waals surface area contributed by atoms with Crippen LogP contribution in [0.15, 0.2) is 59.3 Å². The van der Waals surface area contributed by atoms with Gasteiger partial charge in [-0.25, -0.2) is 0 Å². The number of carbonyl (C=O) groups excluding carboxylic acids is 2. The summed E-state index contributed by atoms with van der Waals surface area (Å²) in [7, 11) is 1.65. The molecule has 0 atom stereocenters. The number of hydrogen-bond acceptors (Lipinski definition) is 4. The Hall–Kier alpha value is -3.35. The Kier molecular flexibility index (Phi) is 4.94. The SMILES string of the molecule is Cn1ncc(NC(=O)Cc2ccccc2)c1C(=O)NCc1ccco1. The van der Waals surface area contributed by atoms with Crippen molar-refractivity contribution in [2.45, 2.75) is 13.0 Å². The third-order valence-corrected chi connectivity index (χ3v) is 3.64. The van der Waals surface area contributed by atoms with E-state index in [-0.39, 0.29) is 30.5 Å². The standard InChI is InChI=1S/C18H18N4O3/c1-22-17(18(24)19-11-14-8-5-9-25-14)15(12-20-22)21-16(23)10-13-6-3-2-4-7-13/h2-9,12H,10-11H2,1H3,(H,19,24)(H,21,23). The minimum Gasteiger partial charge on any atom is -0.467 e. The Bertz CT molecular complexity index is 854. The van der Waals surface area contributed by atoms with Crippen molar-refractivity contribution in [3.05, 3.63) is 71.9 Å². The van der Waals surface area contributed by atoms with Crippen LogP contribution in [0.4, 0.5) is 5.69 Å². The zero-order valence-corrected chi connectivity index (χ0v) is 13.7. The van der Waals surface area contributed by atoms with Gasteiger partial charge in [0.1, 0.15) is 11.5 Å². The van der Waals surface area contributed by atoms with Crippen molar-refractivity contribution in [1.29, 1.82) is 0 Å². The third kappa shape index (κ3) is 4.14. The Balaban J connectivity index is 1.66. The van der Waals surface area contributed by atoms with Crippen LogP contribution < -0.4 is 10.6 Å². The Labute approximate surface area is 144 Å². The molecule has 0 aliphatic carbocycles. The number of nitrogens with zero attached hydrogens (tertiary/aromatic N) is 2. The van der Waals surface area contributed by atoms with E-state index in [9.17, 15) is 9.59 Å². The first kappa shape index (κ1) is 16.5. The summed E-state index contributed by atoms with van der Waals surface area (Å²) in [6, 6.07) is 12.9. The molecular weight excluding hydrogens is 320 g/mol. The molecule has 0 saturated carbocycles. The van der Waals surface area contributed by atoms with Crippen molar-refractivity contribution in [2.24, 2.45) is 7.05 Å². The van der Waals surface area contributed by atoms with Crippen molar-refractivity contribution < 1.29 is 14.0 Å². The summed E-state index contributed by atoms with van der Waals surface area (Å²) in [5.74, 6) is 0.0934. The molecule has 7 heteroatoms. The zero-order chi connectivity index (χ0) is 17.6. The molecule has 7 nitrogen and oxygen atoms in total. The molecule has 0 spiro atoms. The lowest BCUT2D eigenvalue weighted by Gasteiger charge is -2.08. The van der Waals surface area contributed by atoms with Crippen molar-refractivity contribution in [1.82, 2.24) is 15.1 Å². The molecule has 0 unspecified atom stereocenters. The number of aryl methyl sites for hydroxylation is 1. The zero-order valence-electron chi connectivity index (χ0n) is 13.7. The van der Waals surface area contributed by atoms with Crippen LogP contribution in [-0.2, 0) is 24.8 Å². The van der Waals surface area contributed by atoms with E-state index in [1.807, 2.05) is 30.3 Å². The number of anilines is 1. The number of aromatic nitrogens is 2. The normalized spacial score (nSPS) is 10.4. The molecule has 0 aliphatic heterocycles. The smallest absolute Gasteiger partial charge is 0.272 e. The highest BCUT2D eigenvalue weighted by molar-refractivity contribution is 6.02. The minimum absolute atomic E-state index is 0.209. The molecule has 25 heavy (non-hydrogen) atoms. The lowest BCUT2D eigenvalue weighted by atomic mass is 10.1. The molecule has 128 valence electrons. The van der Waals surface area contributed by atoms with Crippen molar-refractivity contribution in [3.8, 4) is 0 Å². The van der Waals surface area contributed by atoms with E-state index in [0.29, 0.717) is 11.4 Å². The fourth-order valence-electron chi connectivity index (χ4n) is 2.44. The van der Waals surface area contributed by atoms with E-state index in [0.717, 1.165) is 5.56 Å². The molecular formula is C18H18N4O3. The van der Waals surface area contributed by atoms with Gasteiger partial charge in [-0.2, -0.15) is 5.10 Å². The molecule has 2 heterocycles. The molecule has 0 fully saturated rings. The molecule has 0 aliphatic rings. The number of hydrogen-bond donors (Lipinski definition) is 2. The molecule has 0 bridgehead atoms. The predicted octanol–water partition coefficient (Wildman–Crippen LogP) is 2.12. The van der Waals surface area contributed by atoms with Crippen LogP contribution in [0.2, 0.25) is 0 Å². The first-order valence-corrected chi connectivity index (χ1v) is 7.80. The maximum atomic E-state index is 12.4. The summed E-state index contributed by atoms with van der Waals surface area (Å²) in [4.78, 5) is 24.6. The van der Waals surface area contributed by atoms with E-state index in [1.54, 1.807) is 25.4 Å². The van der Waals surface area contributed by atoms with Crippen molar-refractivity contribution >= 4 is 17.5 Å². The maximum Gasteiger partial charge on any atom is 0.272 e. The van der Waals surface area contributed by atoms with E-state index in [4.69, 9.17) is 4.42 Å². The topological polar surface area (TPSA) is 89.2 Å². The molecule has 1 aromatic carbocycles. The van der Waals surface area contributed by atoms with Gasteiger partial charge in [-0.05, 0) is 17.7 Å². The molecule has 3 aromatic rings. The fourth-order valence-corrected chi connectivity index (χ4v) is 2.44. The maximum absolute atomic E-state index is 12.4. The monoisotopic (exact) mass is 338 g/mol. The highest BCUT2D eigenvalue weighted by Gasteiger charge is 2.18. The van der Waals surface area contributed by atoms with Gasteiger partial charge in [-0.3, -0.25) is 14.3 Å². The average molecular weight is 338 g/mol. The van der Waals surface area contributed by atoms with Gasteiger partial charge in [-0.1, -0.05) is 30.3 Å². The quantitative estimate of drug-likeness (QED) is 0.720. The van der Waals surface area contributed by atoms with Crippen LogP contribution in [-0.4, -0.2) is 21.6 Å². The first-order chi connectivity index (χ1) is 12.1. The van der Waals surface area contributed by atoms with Crippen molar-refractivity contribution in [2.75, 3.05) is 5.32 Å². The first-order valence-electron chi connectivity index (χ1n) is 7.80. The van der Waals surface area contributed by atoms with Gasteiger partial charge >= 0.3 is 0 Å². The molecule has 0 radical (unpaired) electrons. The van der Waals surface area contributed by atoms with E-state index in [1.165, 1.54) is 10.9 Å². The van der Waals surface area contributed by atoms with Gasteiger partial charge in [0, 0.05) is 7.05 Å². The second-order valence-electron chi connectivity index (χ2n) is 5.50. The summed E-state index contributed by atoms with van der Waals surface area (Å²) >= 11 is 0. The van der Waals surface area contributed by atoms with Gasteiger partial charge in [-0.15, -0.1) is 0 Å². The van der Waals surface area contributed by atoms with Gasteiger partial charge in [0.25, 0.3) is 5.91 Å². The Morgan fingerprint density at radius 1 is 1.16 bits per heavy atom. The van der Waals surface area contributed by atoms with E-state index in [2.05, 4.69) is 15.7 Å². The van der Waals surface area contributed by atoms with Crippen LogP contribution in [0.25, 0.3) is 0 Å². The number of benzene rings is 1. The van der Waals surface area contributed by atoms with Crippen molar-refractivity contribution in [3.63, 3.8) is 0 Å². The lowest BCUT2D eigenvalue weighted by molar-refractivity contribution is -0.115. The summed E-state index contributed by atoms with van der Waals surface area (Å²) in [5.41, 5.74) is 1.56. The van der Waals surface area contributed by atoms with E-state index < -0.39 is 0 Å². The summed E-state index contributed by atoms with van der Waals surface area (Å²) in [5, 5.41) is 9.55. The Morgan fingerprint density at radius 3 is 2.68 bits per heavy atom. The highest BCUT2D eigenvalue weighted by atomic mass is 16.3. The van der Waals surface area contributed by atoms with E-state index >= 15 is 0 Å². The molecule has 3 rings (SSSR count). The fraction of sp³-hybridized carbons (Fsp3) is 0.167. The van der Waals surface area contributed by atoms with Crippen LogP contribution in [0.1, 0.15) is 21.8 Å². The minimum atomic E-state index is -0.341. The summed E-state index contributed by atoms with van der Waals surface area (Å²) in [6.45, 7) is 0.258. The molecule has 2 amide bonds. The van der Waals surface area contributed by atoms with Crippen LogP contribution in [0, 0.1) is 0 Å². The molecule has 2 N–H and O–H groups in total. The molecule has 0 saturated heterocycles. The second-order valence-corrected chi connectivity index (χ2v) is 5.50. The number of amides is 2. The molecule has 2 aromatic heterocycles. The summed E-state index contributed by atoms with van der Waals surface area (Å²) < 4.78 is 6.61. The van der Waals surface area contributed by atoms with Gasteiger partial charge in [0.05, 0.1) is 31.1 Å². The predicted molar refractivity (Wildman–Crippen MR) is 91.9 cm³/mol. The number of furan rings is 1. The number of carbonyl (C=O) groups is 2. The summed E-state index contributed by atoms with van der Waals surface area (Å²) in [6.07, 6.45) is 3.23. The Morgan fingerprint density at radius 2 is 1.96 bits per heavy atom. The highest BCUT2D eigenvalue weighted by Crippen LogP contribution is 2.15.